The molecule has 1 aromatic heterocycles. The first-order valence-electron chi connectivity index (χ1n) is 14.0. The Morgan fingerprint density at radius 3 is 2.00 bits per heavy atom. The van der Waals surface area contributed by atoms with Crippen LogP contribution in [0.4, 0.5) is 26.7 Å². The third kappa shape index (κ3) is 8.45. The van der Waals surface area contributed by atoms with Crippen LogP contribution in [0.25, 0.3) is 11.1 Å². The second kappa shape index (κ2) is 12.5. The molecule has 2 N–H and O–H groups in total. The van der Waals surface area contributed by atoms with Crippen LogP contribution >= 0.6 is 0 Å². The van der Waals surface area contributed by atoms with Crippen molar-refractivity contribution in [2.24, 2.45) is 0 Å². The highest BCUT2D eigenvalue weighted by molar-refractivity contribution is 6.06. The number of hydrogen-bond donors (Lipinski definition) is 2. The van der Waals surface area contributed by atoms with E-state index in [2.05, 4.69) is 20.5 Å². The first-order valence-corrected chi connectivity index (χ1v) is 14.0. The van der Waals surface area contributed by atoms with Crippen LogP contribution in [0.3, 0.4) is 0 Å². The molecule has 0 saturated carbocycles. The molecule has 0 unspecified atom stereocenters. The molecule has 0 aliphatic carbocycles. The molecule has 0 radical (unpaired) electrons. The second-order valence-electron chi connectivity index (χ2n) is 12.1. The maximum Gasteiger partial charge on any atom is 0.412 e. The van der Waals surface area contributed by atoms with E-state index in [1.165, 1.54) is 0 Å². The minimum Gasteiger partial charge on any atom is -0.444 e. The molecule has 3 aromatic rings. The fraction of sp³-hybridized carbons (Fsp3) is 0.375. The van der Waals surface area contributed by atoms with Gasteiger partial charge in [0.2, 0.25) is 0 Å². The number of anilines is 3. The molecule has 42 heavy (non-hydrogen) atoms. The van der Waals surface area contributed by atoms with Crippen LogP contribution in [-0.4, -0.2) is 65.4 Å². The third-order valence-electron chi connectivity index (χ3n) is 6.29. The lowest BCUT2D eigenvalue weighted by Crippen LogP contribution is -2.50. The molecule has 0 bridgehead atoms. The van der Waals surface area contributed by atoms with Crippen LogP contribution in [0.5, 0.6) is 0 Å². The molecule has 1 fully saturated rings. The summed E-state index contributed by atoms with van der Waals surface area (Å²) in [7, 11) is 0. The number of ether oxygens (including phenoxy) is 2. The minimum atomic E-state index is -0.675. The van der Waals surface area contributed by atoms with Crippen molar-refractivity contribution in [3.8, 4) is 11.1 Å². The summed E-state index contributed by atoms with van der Waals surface area (Å²) in [4.78, 5) is 46.3. The zero-order valence-electron chi connectivity index (χ0n) is 25.1. The number of aromatic nitrogens is 1. The van der Waals surface area contributed by atoms with E-state index in [0.717, 1.165) is 16.8 Å². The van der Waals surface area contributed by atoms with Gasteiger partial charge in [0.15, 0.2) is 0 Å². The lowest BCUT2D eigenvalue weighted by molar-refractivity contribution is 0.0240. The number of carbonyl (C=O) groups is 3. The summed E-state index contributed by atoms with van der Waals surface area (Å²) < 4.78 is 10.9. The lowest BCUT2D eigenvalue weighted by Gasteiger charge is -2.36. The molecule has 4 rings (SSSR count). The van der Waals surface area contributed by atoms with Crippen molar-refractivity contribution in [1.29, 1.82) is 0 Å². The number of hydrogen-bond acceptors (Lipinski definition) is 7. The molecule has 222 valence electrons. The topological polar surface area (TPSA) is 113 Å². The minimum absolute atomic E-state index is 0.222. The largest absolute Gasteiger partial charge is 0.444 e. The van der Waals surface area contributed by atoms with Crippen molar-refractivity contribution in [3.63, 3.8) is 0 Å². The number of nitrogens with zero attached hydrogens (tertiary/aromatic N) is 3. The van der Waals surface area contributed by atoms with E-state index in [4.69, 9.17) is 9.47 Å². The highest BCUT2D eigenvalue weighted by Crippen LogP contribution is 2.30. The fourth-order valence-corrected chi connectivity index (χ4v) is 4.35. The predicted octanol–water partition coefficient (Wildman–Crippen LogP) is 6.41. The van der Waals surface area contributed by atoms with E-state index in [1.807, 2.05) is 63.2 Å². The van der Waals surface area contributed by atoms with E-state index in [1.54, 1.807) is 50.1 Å². The third-order valence-corrected chi connectivity index (χ3v) is 6.29. The van der Waals surface area contributed by atoms with Crippen LogP contribution in [0.15, 0.2) is 66.9 Å². The van der Waals surface area contributed by atoms with Crippen LogP contribution in [0.1, 0.15) is 52.0 Å². The molecular weight excluding hydrogens is 534 g/mol. The quantitative estimate of drug-likeness (QED) is 0.363. The van der Waals surface area contributed by atoms with Gasteiger partial charge in [-0.2, -0.15) is 0 Å². The normalized spacial score (nSPS) is 13.8. The van der Waals surface area contributed by atoms with E-state index in [-0.39, 0.29) is 11.8 Å². The monoisotopic (exact) mass is 573 g/mol. The van der Waals surface area contributed by atoms with Crippen molar-refractivity contribution in [2.45, 2.75) is 52.7 Å². The molecule has 10 nitrogen and oxygen atoms in total. The maximum absolute atomic E-state index is 13.3. The zero-order chi connectivity index (χ0) is 30.5. The van der Waals surface area contributed by atoms with Gasteiger partial charge in [-0.3, -0.25) is 10.1 Å². The van der Waals surface area contributed by atoms with Gasteiger partial charge in [0.25, 0.3) is 5.91 Å². The number of pyridine rings is 1. The fourth-order valence-electron chi connectivity index (χ4n) is 4.35. The van der Waals surface area contributed by atoms with Gasteiger partial charge in [0.05, 0.1) is 23.3 Å². The Morgan fingerprint density at radius 2 is 1.40 bits per heavy atom. The van der Waals surface area contributed by atoms with Crippen molar-refractivity contribution >= 4 is 35.2 Å². The molecule has 2 aromatic carbocycles. The Morgan fingerprint density at radius 1 is 0.738 bits per heavy atom. The summed E-state index contributed by atoms with van der Waals surface area (Å²) in [6.45, 7) is 13.2. The molecule has 0 spiro atoms. The Bertz CT molecular complexity index is 1400. The number of benzene rings is 2. The molecule has 2 heterocycles. The summed E-state index contributed by atoms with van der Waals surface area (Å²) in [6, 6.07) is 18.6. The van der Waals surface area contributed by atoms with Crippen molar-refractivity contribution < 1.29 is 23.9 Å². The molecule has 1 aliphatic heterocycles. The van der Waals surface area contributed by atoms with Crippen molar-refractivity contribution in [3.05, 3.63) is 72.6 Å². The van der Waals surface area contributed by atoms with E-state index < -0.39 is 23.2 Å². The van der Waals surface area contributed by atoms with Crippen LogP contribution in [0.2, 0.25) is 0 Å². The smallest absolute Gasteiger partial charge is 0.412 e. The first-order chi connectivity index (χ1) is 19.8. The highest BCUT2D eigenvalue weighted by Gasteiger charge is 2.26. The molecule has 1 aliphatic rings. The predicted molar refractivity (Wildman–Crippen MR) is 164 cm³/mol. The Kier molecular flexibility index (Phi) is 9.04. The molecule has 0 atom stereocenters. The SMILES string of the molecule is CC(C)(C)OC(=O)Nc1ccc(-c2ccccc2)cc1NC(=O)c1ccc(N2CCN(C(=O)OC(C)(C)C)CC2)cn1. The number of carbonyl (C=O) groups excluding carboxylic acids is 3. The number of amides is 3. The molecule has 3 amide bonds. The van der Waals surface area contributed by atoms with E-state index >= 15 is 0 Å². The summed E-state index contributed by atoms with van der Waals surface area (Å²) in [5.41, 5.74) is 2.51. The summed E-state index contributed by atoms with van der Waals surface area (Å²) in [5.74, 6) is -0.422. The van der Waals surface area contributed by atoms with E-state index in [0.29, 0.717) is 37.6 Å². The molecule has 10 heteroatoms. The highest BCUT2D eigenvalue weighted by atomic mass is 16.6. The summed E-state index contributed by atoms with van der Waals surface area (Å²) >= 11 is 0. The number of nitrogens with one attached hydrogen (secondary N) is 2. The first kappa shape index (κ1) is 30.4. The van der Waals surface area contributed by atoms with Crippen LogP contribution in [0, 0.1) is 0 Å². The molecule has 1 saturated heterocycles. The standard InChI is InChI=1S/C32H39N5O5/c1-31(2,3)41-29(39)35-25-14-12-23(22-10-8-7-9-11-22)20-27(25)34-28(38)26-15-13-24(21-33-26)36-16-18-37(19-17-36)30(40)42-32(4,5)6/h7-15,20-21H,16-19H2,1-6H3,(H,34,38)(H,35,39). The van der Waals surface area contributed by atoms with Gasteiger partial charge in [0.1, 0.15) is 16.9 Å². The van der Waals surface area contributed by atoms with Gasteiger partial charge >= 0.3 is 12.2 Å². The van der Waals surface area contributed by atoms with Crippen LogP contribution < -0.4 is 15.5 Å². The van der Waals surface area contributed by atoms with Gasteiger partial charge in [-0.05, 0) is 76.9 Å². The lowest BCUT2D eigenvalue weighted by atomic mass is 10.0. The Labute approximate surface area is 247 Å². The number of piperazine rings is 1. The van der Waals surface area contributed by atoms with E-state index in [9.17, 15) is 14.4 Å². The zero-order valence-corrected chi connectivity index (χ0v) is 25.1. The Hall–Kier alpha value is -4.60. The van der Waals surface area contributed by atoms with Gasteiger partial charge in [-0.1, -0.05) is 36.4 Å². The van der Waals surface area contributed by atoms with Gasteiger partial charge in [-0.25, -0.2) is 14.6 Å². The second-order valence-corrected chi connectivity index (χ2v) is 12.1. The van der Waals surface area contributed by atoms with Crippen molar-refractivity contribution in [2.75, 3.05) is 41.7 Å². The summed E-state index contributed by atoms with van der Waals surface area (Å²) in [5, 5.41) is 5.64. The Balaban J connectivity index is 1.46. The summed E-state index contributed by atoms with van der Waals surface area (Å²) in [6.07, 6.45) is 0.710. The molecular formula is C32H39N5O5. The van der Waals surface area contributed by atoms with Crippen LogP contribution in [-0.2, 0) is 9.47 Å². The maximum atomic E-state index is 13.3. The average molecular weight is 574 g/mol. The van der Waals surface area contributed by atoms with Crippen molar-refractivity contribution in [1.82, 2.24) is 9.88 Å². The van der Waals surface area contributed by atoms with Gasteiger partial charge in [0, 0.05) is 26.2 Å². The number of rotatable bonds is 5. The van der Waals surface area contributed by atoms with Gasteiger partial charge < -0.3 is 24.6 Å². The van der Waals surface area contributed by atoms with Gasteiger partial charge in [-0.15, -0.1) is 0 Å². The average Bonchev–Trinajstić information content (AvgIpc) is 2.92.